The molecule has 0 aliphatic carbocycles. The molecular formula is C21H23ClN2O6S. The highest BCUT2D eigenvalue weighted by Crippen LogP contribution is 2.46. The van der Waals surface area contributed by atoms with Crippen LogP contribution in [0, 0.1) is 0 Å². The van der Waals surface area contributed by atoms with Gasteiger partial charge in [-0.15, -0.1) is 11.3 Å². The maximum Gasteiger partial charge on any atom is 0.349 e. The van der Waals surface area contributed by atoms with Gasteiger partial charge in [-0.3, -0.25) is 4.79 Å². The van der Waals surface area contributed by atoms with E-state index in [1.807, 2.05) is 32.0 Å². The van der Waals surface area contributed by atoms with E-state index in [-0.39, 0.29) is 27.2 Å². The van der Waals surface area contributed by atoms with Crippen LogP contribution in [-0.4, -0.2) is 58.2 Å². The fraction of sp³-hybridized carbons (Fsp3) is 0.381. The fourth-order valence-electron chi connectivity index (χ4n) is 3.71. The van der Waals surface area contributed by atoms with Crippen molar-refractivity contribution >= 4 is 47.0 Å². The smallest absolute Gasteiger partial charge is 0.349 e. The highest BCUT2D eigenvalue weighted by molar-refractivity contribution is 7.18. The molecule has 1 aromatic heterocycles. The molecule has 1 aromatic carbocycles. The van der Waals surface area contributed by atoms with E-state index in [0.29, 0.717) is 17.0 Å². The average Bonchev–Trinajstić information content (AvgIpc) is 3.02. The monoisotopic (exact) mass is 466 g/mol. The van der Waals surface area contributed by atoms with Crippen molar-refractivity contribution in [3.63, 3.8) is 0 Å². The van der Waals surface area contributed by atoms with E-state index in [4.69, 9.17) is 21.4 Å². The Balaban J connectivity index is 1.85. The van der Waals surface area contributed by atoms with Crippen LogP contribution in [0.25, 0.3) is 10.4 Å². The Morgan fingerprint density at radius 1 is 1.39 bits per heavy atom. The molecule has 0 spiro atoms. The minimum absolute atomic E-state index is 0.0706. The van der Waals surface area contributed by atoms with E-state index in [1.165, 1.54) is 0 Å². The number of thiophene rings is 1. The Hall–Kier alpha value is -2.78. The molecule has 10 heteroatoms. The van der Waals surface area contributed by atoms with Gasteiger partial charge in [0.05, 0.1) is 4.88 Å². The van der Waals surface area contributed by atoms with Gasteiger partial charge in [0.1, 0.15) is 5.02 Å². The van der Waals surface area contributed by atoms with E-state index in [9.17, 15) is 19.5 Å². The molecule has 1 aliphatic heterocycles. The van der Waals surface area contributed by atoms with Crippen molar-refractivity contribution in [2.45, 2.75) is 38.3 Å². The molecular weight excluding hydrogens is 444 g/mol. The zero-order valence-corrected chi connectivity index (χ0v) is 18.6. The van der Waals surface area contributed by atoms with Crippen molar-refractivity contribution in [2.24, 2.45) is 0 Å². The number of benzene rings is 1. The molecule has 166 valence electrons. The Morgan fingerprint density at radius 3 is 2.74 bits per heavy atom. The summed E-state index contributed by atoms with van der Waals surface area (Å²) in [6, 6.07) is 7.57. The van der Waals surface area contributed by atoms with Gasteiger partial charge in [-0.1, -0.05) is 23.7 Å². The summed E-state index contributed by atoms with van der Waals surface area (Å²) in [5.41, 5.74) is 1.28. The number of carbonyl (C=O) groups excluding carboxylic acids is 1. The number of hydrogen-bond acceptors (Lipinski definition) is 6. The van der Waals surface area contributed by atoms with Crippen LogP contribution < -0.4 is 10.1 Å². The van der Waals surface area contributed by atoms with E-state index in [2.05, 4.69) is 5.32 Å². The normalized spacial score (nSPS) is 17.8. The molecule has 0 saturated carbocycles. The topological polar surface area (TPSA) is 116 Å². The Morgan fingerprint density at radius 2 is 2.13 bits per heavy atom. The van der Waals surface area contributed by atoms with Crippen LogP contribution in [-0.2, 0) is 9.59 Å². The lowest BCUT2D eigenvalue weighted by atomic mass is 9.87. The summed E-state index contributed by atoms with van der Waals surface area (Å²) in [6.07, 6.45) is 2.48. The lowest BCUT2D eigenvalue weighted by molar-refractivity contribution is -0.139. The summed E-state index contributed by atoms with van der Waals surface area (Å²) < 4.78 is 5.14. The first-order valence-corrected chi connectivity index (χ1v) is 10.8. The van der Waals surface area contributed by atoms with Crippen molar-refractivity contribution in [2.75, 3.05) is 18.5 Å². The number of nitrogens with zero attached hydrogens (tertiary/aromatic N) is 1. The predicted octanol–water partition coefficient (Wildman–Crippen LogP) is 4.04. The number of amides is 1. The zero-order chi connectivity index (χ0) is 22.8. The van der Waals surface area contributed by atoms with Crippen molar-refractivity contribution < 1.29 is 29.3 Å². The Labute approximate surface area is 188 Å². The first-order valence-electron chi connectivity index (χ1n) is 9.61. The first-order chi connectivity index (χ1) is 14.6. The molecule has 0 radical (unpaired) electrons. The van der Waals surface area contributed by atoms with Crippen LogP contribution in [0.5, 0.6) is 5.75 Å². The number of hydrogen-bond donors (Lipinski definition) is 3. The number of aromatic carboxylic acids is 1. The largest absolute Gasteiger partial charge is 0.479 e. The maximum absolute atomic E-state index is 11.6. The number of nitrogens with one attached hydrogen (secondary N) is 1. The third kappa shape index (κ3) is 5.11. The van der Waals surface area contributed by atoms with E-state index in [1.54, 1.807) is 11.0 Å². The average molecular weight is 467 g/mol. The van der Waals surface area contributed by atoms with E-state index >= 15 is 0 Å². The summed E-state index contributed by atoms with van der Waals surface area (Å²) in [4.78, 5) is 35.8. The lowest BCUT2D eigenvalue weighted by Gasteiger charge is -2.44. The Bertz CT molecular complexity index is 1010. The molecule has 0 bridgehead atoms. The van der Waals surface area contributed by atoms with Gasteiger partial charge in [0, 0.05) is 23.8 Å². The number of ether oxygens (including phenoxy) is 1. The molecule has 1 amide bonds. The van der Waals surface area contributed by atoms with Crippen LogP contribution in [0.1, 0.15) is 36.4 Å². The van der Waals surface area contributed by atoms with E-state index in [0.717, 1.165) is 36.3 Å². The molecule has 2 heterocycles. The summed E-state index contributed by atoms with van der Waals surface area (Å²) in [5, 5.41) is 21.9. The predicted molar refractivity (Wildman–Crippen MR) is 118 cm³/mol. The molecule has 8 nitrogen and oxygen atoms in total. The molecule has 3 N–H and O–H groups in total. The Kier molecular flexibility index (Phi) is 6.76. The molecule has 2 aromatic rings. The van der Waals surface area contributed by atoms with Crippen molar-refractivity contribution in [3.05, 3.63) is 34.2 Å². The second-order valence-corrected chi connectivity index (χ2v) is 9.32. The number of halogens is 1. The van der Waals surface area contributed by atoms with Gasteiger partial charge < -0.3 is 25.2 Å². The first kappa shape index (κ1) is 22.9. The minimum atomic E-state index is -1.24. The second-order valence-electron chi connectivity index (χ2n) is 7.92. The van der Waals surface area contributed by atoms with Gasteiger partial charge >= 0.3 is 11.9 Å². The summed E-state index contributed by atoms with van der Waals surface area (Å²) in [5.74, 6) is -2.61. The second kappa shape index (κ2) is 9.15. The van der Waals surface area contributed by atoms with Crippen molar-refractivity contribution in [1.29, 1.82) is 0 Å². The number of piperidine rings is 1. The number of carboxylic acid groups (broad SMARTS) is 2. The van der Waals surface area contributed by atoms with Crippen molar-refractivity contribution in [1.82, 2.24) is 4.90 Å². The summed E-state index contributed by atoms with van der Waals surface area (Å²) in [6.45, 7) is 4.04. The van der Waals surface area contributed by atoms with Gasteiger partial charge in [0.25, 0.3) is 0 Å². The lowest BCUT2D eigenvalue weighted by Crippen LogP contribution is -2.52. The van der Waals surface area contributed by atoms with Gasteiger partial charge in [-0.25, -0.2) is 9.59 Å². The van der Waals surface area contributed by atoms with Gasteiger partial charge in [0.2, 0.25) is 6.41 Å². The fourth-order valence-corrected chi connectivity index (χ4v) is 5.11. The number of likely N-dealkylation sites (tertiary alicyclic amines) is 1. The standard InChI is InChI=1S/C21H23ClN2O6S/c1-21(2)9-14(6-7-24(21)11-25)23-13-5-3-4-12(8-13)18-16(22)17(30-10-15(26)27)19(31-18)20(28)29/h3-5,8,11,14,23H,6-7,9-10H2,1-2H3,(H,26,27)(H,28,29)/t14-/m0/s1. The number of anilines is 1. The molecule has 3 rings (SSSR count). The molecule has 0 unspecified atom stereocenters. The zero-order valence-electron chi connectivity index (χ0n) is 17.1. The van der Waals surface area contributed by atoms with Crippen molar-refractivity contribution in [3.8, 4) is 16.2 Å². The number of carbonyl (C=O) groups is 3. The summed E-state index contributed by atoms with van der Waals surface area (Å²) in [7, 11) is 0. The minimum Gasteiger partial charge on any atom is -0.479 e. The van der Waals surface area contributed by atoms with Crippen LogP contribution >= 0.6 is 22.9 Å². The molecule has 1 fully saturated rings. The van der Waals surface area contributed by atoms with Crippen LogP contribution in [0.3, 0.4) is 0 Å². The van der Waals surface area contributed by atoms with Gasteiger partial charge in [-0.2, -0.15) is 0 Å². The third-order valence-corrected chi connectivity index (χ3v) is 6.89. The van der Waals surface area contributed by atoms with Crippen LogP contribution in [0.2, 0.25) is 5.02 Å². The van der Waals surface area contributed by atoms with Gasteiger partial charge in [0.15, 0.2) is 17.2 Å². The van der Waals surface area contributed by atoms with Crippen LogP contribution in [0.4, 0.5) is 5.69 Å². The molecule has 1 saturated heterocycles. The van der Waals surface area contributed by atoms with Gasteiger partial charge in [-0.05, 0) is 44.4 Å². The number of carboxylic acids is 2. The number of rotatable bonds is 8. The highest BCUT2D eigenvalue weighted by atomic mass is 35.5. The molecule has 1 aliphatic rings. The SMILES string of the molecule is CC1(C)C[C@@H](Nc2cccc(-c3sc(C(=O)O)c(OCC(=O)O)c3Cl)c2)CCN1C=O. The van der Waals surface area contributed by atoms with Crippen LogP contribution in [0.15, 0.2) is 24.3 Å². The molecule has 31 heavy (non-hydrogen) atoms. The highest BCUT2D eigenvalue weighted by Gasteiger charge is 2.34. The number of aliphatic carboxylic acids is 1. The maximum atomic E-state index is 11.6. The third-order valence-electron chi connectivity index (χ3n) is 5.21. The quantitative estimate of drug-likeness (QED) is 0.502. The summed E-state index contributed by atoms with van der Waals surface area (Å²) >= 11 is 7.31. The van der Waals surface area contributed by atoms with E-state index < -0.39 is 18.5 Å². The molecule has 1 atom stereocenters.